The van der Waals surface area contributed by atoms with Crippen molar-refractivity contribution in [2.24, 2.45) is 0 Å². The number of carbonyl (C=O) groups is 1. The summed E-state index contributed by atoms with van der Waals surface area (Å²) in [6.07, 6.45) is 0. The van der Waals surface area contributed by atoms with Gasteiger partial charge in [-0.05, 0) is 61.9 Å². The standard InChI is InChI=1S/C25H24BrN3O2/c1-17-7-12-23(18(2)15-17)31-14-13-29-22-6-4-3-5-21(22)28-24(29)16-27-25(30)19-8-10-20(26)11-9-19/h3-12,15H,13-14,16H2,1-2H3,(H,27,30). The summed E-state index contributed by atoms with van der Waals surface area (Å²) in [6, 6.07) is 21.5. The Morgan fingerprint density at radius 3 is 2.61 bits per heavy atom. The van der Waals surface area contributed by atoms with E-state index < -0.39 is 0 Å². The molecular formula is C25H24BrN3O2. The third-order valence-electron chi connectivity index (χ3n) is 5.15. The van der Waals surface area contributed by atoms with Crippen LogP contribution < -0.4 is 10.1 Å². The number of nitrogens with zero attached hydrogens (tertiary/aromatic N) is 2. The van der Waals surface area contributed by atoms with Crippen LogP contribution >= 0.6 is 15.9 Å². The highest BCUT2D eigenvalue weighted by Gasteiger charge is 2.13. The number of para-hydroxylation sites is 2. The summed E-state index contributed by atoms with van der Waals surface area (Å²) in [5, 5.41) is 2.98. The van der Waals surface area contributed by atoms with Gasteiger partial charge >= 0.3 is 0 Å². The van der Waals surface area contributed by atoms with Gasteiger partial charge in [-0.2, -0.15) is 0 Å². The van der Waals surface area contributed by atoms with Crippen LogP contribution in [0.4, 0.5) is 0 Å². The van der Waals surface area contributed by atoms with Gasteiger partial charge in [-0.25, -0.2) is 4.98 Å². The van der Waals surface area contributed by atoms with Crippen LogP contribution in [0.25, 0.3) is 11.0 Å². The van der Waals surface area contributed by atoms with E-state index in [2.05, 4.69) is 51.8 Å². The number of hydrogen-bond acceptors (Lipinski definition) is 3. The van der Waals surface area contributed by atoms with E-state index in [0.29, 0.717) is 25.3 Å². The molecule has 0 spiro atoms. The van der Waals surface area contributed by atoms with Crippen molar-refractivity contribution < 1.29 is 9.53 Å². The molecule has 0 atom stereocenters. The molecule has 1 N–H and O–H groups in total. The van der Waals surface area contributed by atoms with Gasteiger partial charge in [0.1, 0.15) is 18.2 Å². The molecule has 0 saturated carbocycles. The topological polar surface area (TPSA) is 56.1 Å². The van der Waals surface area contributed by atoms with Crippen LogP contribution in [0.2, 0.25) is 0 Å². The van der Waals surface area contributed by atoms with Crippen LogP contribution in [0.5, 0.6) is 5.75 Å². The zero-order valence-corrected chi connectivity index (χ0v) is 19.1. The Labute approximate surface area is 190 Å². The number of imidazole rings is 1. The molecule has 0 aliphatic rings. The number of aryl methyl sites for hydroxylation is 2. The molecular weight excluding hydrogens is 454 g/mol. The van der Waals surface area contributed by atoms with E-state index in [1.807, 2.05) is 42.5 Å². The van der Waals surface area contributed by atoms with Crippen molar-refractivity contribution in [2.45, 2.75) is 26.9 Å². The summed E-state index contributed by atoms with van der Waals surface area (Å²) < 4.78 is 9.09. The van der Waals surface area contributed by atoms with E-state index in [0.717, 1.165) is 32.6 Å². The van der Waals surface area contributed by atoms with Crippen LogP contribution in [0, 0.1) is 13.8 Å². The van der Waals surface area contributed by atoms with Crippen molar-refractivity contribution in [3.8, 4) is 5.75 Å². The summed E-state index contributed by atoms with van der Waals surface area (Å²) in [5.74, 6) is 1.56. The van der Waals surface area contributed by atoms with Crippen molar-refractivity contribution in [1.82, 2.24) is 14.9 Å². The van der Waals surface area contributed by atoms with Crippen molar-refractivity contribution in [1.29, 1.82) is 0 Å². The molecule has 0 aliphatic carbocycles. The summed E-state index contributed by atoms with van der Waals surface area (Å²) in [6.45, 7) is 5.61. The van der Waals surface area contributed by atoms with Gasteiger partial charge in [0.25, 0.3) is 5.91 Å². The van der Waals surface area contributed by atoms with Crippen molar-refractivity contribution in [2.75, 3.05) is 6.61 Å². The Balaban J connectivity index is 1.48. The number of benzene rings is 3. The third-order valence-corrected chi connectivity index (χ3v) is 5.68. The average molecular weight is 478 g/mol. The van der Waals surface area contributed by atoms with Crippen LogP contribution in [0.3, 0.4) is 0 Å². The minimum Gasteiger partial charge on any atom is -0.491 e. The second-order valence-electron chi connectivity index (χ2n) is 7.48. The van der Waals surface area contributed by atoms with Gasteiger partial charge in [-0.15, -0.1) is 0 Å². The fourth-order valence-electron chi connectivity index (χ4n) is 3.58. The van der Waals surface area contributed by atoms with Crippen LogP contribution in [-0.4, -0.2) is 22.1 Å². The molecule has 0 bridgehead atoms. The summed E-state index contributed by atoms with van der Waals surface area (Å²) in [5.41, 5.74) is 4.89. The molecule has 4 rings (SSSR count). The van der Waals surface area contributed by atoms with Gasteiger partial charge in [0, 0.05) is 10.0 Å². The maximum Gasteiger partial charge on any atom is 0.251 e. The Bertz CT molecular complexity index is 1220. The monoisotopic (exact) mass is 477 g/mol. The fourth-order valence-corrected chi connectivity index (χ4v) is 3.85. The minimum atomic E-state index is -0.127. The lowest BCUT2D eigenvalue weighted by molar-refractivity contribution is 0.0949. The van der Waals surface area contributed by atoms with E-state index >= 15 is 0 Å². The first-order valence-electron chi connectivity index (χ1n) is 10.2. The molecule has 6 heteroatoms. The summed E-state index contributed by atoms with van der Waals surface area (Å²) >= 11 is 3.39. The third kappa shape index (κ3) is 4.97. The normalized spacial score (nSPS) is 10.9. The zero-order valence-electron chi connectivity index (χ0n) is 17.6. The molecule has 1 amide bonds. The SMILES string of the molecule is Cc1ccc(OCCn2c(CNC(=O)c3ccc(Br)cc3)nc3ccccc32)c(C)c1. The Kier molecular flexibility index (Phi) is 6.37. The zero-order chi connectivity index (χ0) is 21.8. The number of ether oxygens (including phenoxy) is 1. The number of halogens is 1. The lowest BCUT2D eigenvalue weighted by atomic mass is 10.1. The largest absolute Gasteiger partial charge is 0.491 e. The maximum atomic E-state index is 12.5. The molecule has 0 saturated heterocycles. The summed E-state index contributed by atoms with van der Waals surface area (Å²) in [7, 11) is 0. The first kappa shape index (κ1) is 21.1. The highest BCUT2D eigenvalue weighted by molar-refractivity contribution is 9.10. The van der Waals surface area contributed by atoms with Gasteiger partial charge in [0.2, 0.25) is 0 Å². The highest BCUT2D eigenvalue weighted by atomic mass is 79.9. The molecule has 1 aromatic heterocycles. The van der Waals surface area contributed by atoms with Crippen LogP contribution in [0.15, 0.2) is 71.2 Å². The first-order chi connectivity index (χ1) is 15.0. The quantitative estimate of drug-likeness (QED) is 0.386. The lowest BCUT2D eigenvalue weighted by Gasteiger charge is -2.13. The molecule has 1 heterocycles. The second kappa shape index (κ2) is 9.35. The van der Waals surface area contributed by atoms with E-state index in [-0.39, 0.29) is 5.91 Å². The molecule has 0 fully saturated rings. The van der Waals surface area contributed by atoms with Crippen molar-refractivity contribution in [3.05, 3.63) is 93.7 Å². The minimum absolute atomic E-state index is 0.127. The van der Waals surface area contributed by atoms with E-state index in [9.17, 15) is 4.79 Å². The fraction of sp³-hybridized carbons (Fsp3) is 0.200. The van der Waals surface area contributed by atoms with E-state index in [4.69, 9.17) is 9.72 Å². The predicted molar refractivity (Wildman–Crippen MR) is 126 cm³/mol. The van der Waals surface area contributed by atoms with Crippen LogP contribution in [0.1, 0.15) is 27.3 Å². The molecule has 3 aromatic carbocycles. The molecule has 0 radical (unpaired) electrons. The maximum absolute atomic E-state index is 12.5. The van der Waals surface area contributed by atoms with Gasteiger partial charge in [0.05, 0.1) is 24.1 Å². The Hall–Kier alpha value is -3.12. The number of amides is 1. The van der Waals surface area contributed by atoms with E-state index in [1.165, 1.54) is 5.56 Å². The second-order valence-corrected chi connectivity index (χ2v) is 8.39. The van der Waals surface area contributed by atoms with Crippen molar-refractivity contribution in [3.63, 3.8) is 0 Å². The van der Waals surface area contributed by atoms with Gasteiger partial charge < -0.3 is 14.6 Å². The lowest BCUT2D eigenvalue weighted by Crippen LogP contribution is -2.25. The van der Waals surface area contributed by atoms with Crippen molar-refractivity contribution >= 4 is 32.9 Å². The number of rotatable bonds is 7. The summed E-state index contributed by atoms with van der Waals surface area (Å²) in [4.78, 5) is 17.3. The molecule has 4 aromatic rings. The highest BCUT2D eigenvalue weighted by Crippen LogP contribution is 2.20. The number of nitrogens with one attached hydrogen (secondary N) is 1. The molecule has 5 nitrogen and oxygen atoms in total. The number of carbonyl (C=O) groups excluding carboxylic acids is 1. The number of hydrogen-bond donors (Lipinski definition) is 1. The van der Waals surface area contributed by atoms with Gasteiger partial charge in [0.15, 0.2) is 0 Å². The number of aromatic nitrogens is 2. The Morgan fingerprint density at radius 2 is 1.84 bits per heavy atom. The first-order valence-corrected chi connectivity index (χ1v) is 11.0. The molecule has 0 aliphatic heterocycles. The Morgan fingerprint density at radius 1 is 1.06 bits per heavy atom. The number of fused-ring (bicyclic) bond motifs is 1. The molecule has 0 unspecified atom stereocenters. The predicted octanol–water partition coefficient (Wildman–Crippen LogP) is 5.42. The van der Waals surface area contributed by atoms with Gasteiger partial charge in [-0.3, -0.25) is 4.79 Å². The molecule has 31 heavy (non-hydrogen) atoms. The smallest absolute Gasteiger partial charge is 0.251 e. The molecule has 158 valence electrons. The van der Waals surface area contributed by atoms with E-state index in [1.54, 1.807) is 12.1 Å². The average Bonchev–Trinajstić information content (AvgIpc) is 3.11. The van der Waals surface area contributed by atoms with Gasteiger partial charge in [-0.1, -0.05) is 45.8 Å². The van der Waals surface area contributed by atoms with Crippen LogP contribution in [-0.2, 0) is 13.1 Å².